The van der Waals surface area contributed by atoms with Crippen LogP contribution >= 0.6 is 0 Å². The molecule has 6 aliphatic rings. The summed E-state index contributed by atoms with van der Waals surface area (Å²) in [4.78, 5) is 28.5. The van der Waals surface area contributed by atoms with Gasteiger partial charge in [0.2, 0.25) is 0 Å². The molecule has 8 nitrogen and oxygen atoms in total. The lowest BCUT2D eigenvalue weighted by Gasteiger charge is -2.17. The lowest BCUT2D eigenvalue weighted by molar-refractivity contribution is -0.142. The summed E-state index contributed by atoms with van der Waals surface area (Å²) in [6, 6.07) is 0. The molecule has 3 unspecified atom stereocenters. The smallest absolute Gasteiger partial charge is 0.306 e. The molecule has 0 spiro atoms. The molecule has 1 saturated heterocycles. The van der Waals surface area contributed by atoms with E-state index in [9.17, 15) is 15.0 Å². The summed E-state index contributed by atoms with van der Waals surface area (Å²) in [5.41, 5.74) is 17.3. The Balaban J connectivity index is 1.26. The first kappa shape index (κ1) is 40.8. The van der Waals surface area contributed by atoms with Crippen LogP contribution in [0.25, 0.3) is 0 Å². The molecule has 3 N–H and O–H groups in total. The molecule has 6 rings (SSSR count). The van der Waals surface area contributed by atoms with Crippen LogP contribution in [0.1, 0.15) is 121 Å². The van der Waals surface area contributed by atoms with E-state index in [0.717, 1.165) is 111 Å². The number of allylic oxidation sites excluding steroid dienone is 16. The lowest BCUT2D eigenvalue weighted by atomic mass is 9.86. The fraction of sp³-hybridized carbons (Fsp3) is 0.458. The number of esters is 1. The Bertz CT molecular complexity index is 2160. The van der Waals surface area contributed by atoms with Gasteiger partial charge in [-0.15, -0.1) is 0 Å². The second-order valence-corrected chi connectivity index (χ2v) is 16.4. The summed E-state index contributed by atoms with van der Waals surface area (Å²) in [5.74, 6) is 0.0565. The fourth-order valence-electron chi connectivity index (χ4n) is 8.61. The highest BCUT2D eigenvalue weighted by Gasteiger charge is 2.41. The van der Waals surface area contributed by atoms with Crippen molar-refractivity contribution in [3.8, 4) is 0 Å². The quantitative estimate of drug-likeness (QED) is 0.128. The van der Waals surface area contributed by atoms with Gasteiger partial charge in [0.25, 0.3) is 0 Å². The minimum atomic E-state index is -0.715. The van der Waals surface area contributed by atoms with Crippen molar-refractivity contribution >= 4 is 23.1 Å². The number of carbonyl (C=O) groups is 1. The average Bonchev–Trinajstić information content (AvgIpc) is 3.89. The van der Waals surface area contributed by atoms with Gasteiger partial charge in [0.1, 0.15) is 12.4 Å². The number of aliphatic imine (C=N–C) groups is 3. The van der Waals surface area contributed by atoms with Crippen LogP contribution in [-0.2, 0) is 9.53 Å². The van der Waals surface area contributed by atoms with Crippen molar-refractivity contribution in [3.63, 3.8) is 0 Å². The van der Waals surface area contributed by atoms with Crippen molar-refractivity contribution in [2.75, 3.05) is 6.61 Å². The van der Waals surface area contributed by atoms with Crippen LogP contribution in [0.15, 0.2) is 141 Å². The number of aliphatic hydroxyl groups excluding tert-OH is 2. The predicted molar refractivity (Wildman–Crippen MR) is 229 cm³/mol. The normalized spacial score (nSPS) is 22.7. The standard InChI is InChI=1S/C48H60N4O4/c1-11-34-29(6)37-25-42-45(33(10)53)31(8)39(50-42)23-38-30(7)35(18-19-44(55)56-21-20-28(5)17-13-16-27(4)15-12-14-26(2)3)47(51-38)36-22-43(54)46-32(9)40(52-48(36)46)24-41(34)49-37/h14,16,20,23-25,30,33,35,51,53-54H,11-13,15,17-19,21-22H2,1-10H3. The Morgan fingerprint density at radius 3 is 2.29 bits per heavy atom. The molecule has 1 fully saturated rings. The predicted octanol–water partition coefficient (Wildman–Crippen LogP) is 10.8. The van der Waals surface area contributed by atoms with E-state index < -0.39 is 6.10 Å². The number of rotatable bonds is 13. The van der Waals surface area contributed by atoms with Crippen LogP contribution in [-0.4, -0.2) is 46.0 Å². The van der Waals surface area contributed by atoms with Gasteiger partial charge < -0.3 is 20.3 Å². The summed E-state index contributed by atoms with van der Waals surface area (Å²) in [7, 11) is 0. The summed E-state index contributed by atoms with van der Waals surface area (Å²) >= 11 is 0. The minimum absolute atomic E-state index is 0.0155. The van der Waals surface area contributed by atoms with Crippen molar-refractivity contribution in [1.82, 2.24) is 5.32 Å². The highest BCUT2D eigenvalue weighted by molar-refractivity contribution is 6.21. The molecule has 0 saturated carbocycles. The van der Waals surface area contributed by atoms with Crippen LogP contribution < -0.4 is 5.32 Å². The summed E-state index contributed by atoms with van der Waals surface area (Å²) in [5, 5.41) is 26.1. The number of carbonyl (C=O) groups excluding carboxylic acids is 1. The summed E-state index contributed by atoms with van der Waals surface area (Å²) < 4.78 is 5.73. The van der Waals surface area contributed by atoms with Gasteiger partial charge in [-0.1, -0.05) is 42.7 Å². The average molecular weight is 757 g/mol. The highest BCUT2D eigenvalue weighted by Crippen LogP contribution is 2.46. The van der Waals surface area contributed by atoms with Gasteiger partial charge in [0.15, 0.2) is 0 Å². The van der Waals surface area contributed by atoms with Crippen LogP contribution in [0.4, 0.5) is 0 Å². The molecule has 0 aromatic heterocycles. The molecule has 0 aromatic rings. The molecular formula is C48H60N4O4. The van der Waals surface area contributed by atoms with E-state index in [4.69, 9.17) is 19.7 Å². The van der Waals surface area contributed by atoms with Crippen molar-refractivity contribution in [2.24, 2.45) is 26.8 Å². The molecule has 1 aliphatic carbocycles. The third-order valence-electron chi connectivity index (χ3n) is 12.0. The van der Waals surface area contributed by atoms with Crippen molar-refractivity contribution in [2.45, 2.75) is 127 Å². The van der Waals surface area contributed by atoms with Gasteiger partial charge in [-0.2, -0.15) is 0 Å². The second kappa shape index (κ2) is 17.1. The molecule has 3 atom stereocenters. The molecule has 56 heavy (non-hydrogen) atoms. The van der Waals surface area contributed by atoms with Crippen molar-refractivity contribution in [1.29, 1.82) is 0 Å². The third kappa shape index (κ3) is 8.46. The zero-order chi connectivity index (χ0) is 40.4. The number of aliphatic hydroxyl groups is 2. The first-order valence-electron chi connectivity index (χ1n) is 20.4. The Morgan fingerprint density at radius 2 is 1.59 bits per heavy atom. The van der Waals surface area contributed by atoms with E-state index in [-0.39, 0.29) is 30.8 Å². The van der Waals surface area contributed by atoms with Gasteiger partial charge in [-0.3, -0.25) is 4.79 Å². The Hall–Kier alpha value is -4.82. The van der Waals surface area contributed by atoms with Gasteiger partial charge in [0.05, 0.1) is 40.3 Å². The molecule has 5 aliphatic heterocycles. The zero-order valence-electron chi connectivity index (χ0n) is 35.1. The number of nitrogens with zero attached hydrogens (tertiary/aromatic N) is 3. The molecule has 0 aromatic carbocycles. The molecule has 0 radical (unpaired) electrons. The SMILES string of the molecule is CCC1=C(C)C2=NC1=CC1=C(C)C3=C(O)CC(=C4NC(=CC5=NC(=C2)C(C(C)O)=C5C)C(C)C4CCC(=O)OCC=C(C)CCC=C(C)CCC=C(C)C)C3=N1. The lowest BCUT2D eigenvalue weighted by Crippen LogP contribution is -2.16. The molecule has 0 amide bonds. The Labute approximate surface area is 333 Å². The fourth-order valence-corrected chi connectivity index (χ4v) is 8.61. The maximum absolute atomic E-state index is 13.2. The number of hydrogen-bond acceptors (Lipinski definition) is 8. The second-order valence-electron chi connectivity index (χ2n) is 16.4. The zero-order valence-corrected chi connectivity index (χ0v) is 35.1. The maximum Gasteiger partial charge on any atom is 0.306 e. The monoisotopic (exact) mass is 756 g/mol. The van der Waals surface area contributed by atoms with E-state index in [2.05, 4.69) is 72.0 Å². The number of ether oxygens (including phenoxy) is 1. The van der Waals surface area contributed by atoms with Crippen molar-refractivity contribution in [3.05, 3.63) is 126 Å². The molecule has 8 heteroatoms. The first-order valence-corrected chi connectivity index (χ1v) is 20.4. The van der Waals surface area contributed by atoms with Gasteiger partial charge in [0, 0.05) is 52.8 Å². The Kier molecular flexibility index (Phi) is 12.5. The minimum Gasteiger partial charge on any atom is -0.511 e. The molecule has 296 valence electrons. The van der Waals surface area contributed by atoms with Crippen LogP contribution in [0.2, 0.25) is 0 Å². The number of fused-ring (bicyclic) bond motifs is 5. The van der Waals surface area contributed by atoms with Gasteiger partial charge >= 0.3 is 5.97 Å². The van der Waals surface area contributed by atoms with Crippen LogP contribution in [0.5, 0.6) is 0 Å². The molecule has 5 heterocycles. The highest BCUT2D eigenvalue weighted by atomic mass is 16.5. The maximum atomic E-state index is 13.2. The molecule has 8 bridgehead atoms. The summed E-state index contributed by atoms with van der Waals surface area (Å²) in [6.45, 7) is 21.0. The van der Waals surface area contributed by atoms with E-state index in [1.165, 1.54) is 16.7 Å². The third-order valence-corrected chi connectivity index (χ3v) is 12.0. The number of hydrogen-bond donors (Lipinski definition) is 3. The Morgan fingerprint density at radius 1 is 0.911 bits per heavy atom. The van der Waals surface area contributed by atoms with Gasteiger partial charge in [-0.25, -0.2) is 15.0 Å². The molecular weight excluding hydrogens is 697 g/mol. The first-order chi connectivity index (χ1) is 26.7. The van der Waals surface area contributed by atoms with Crippen LogP contribution in [0, 0.1) is 11.8 Å². The van der Waals surface area contributed by atoms with E-state index in [1.807, 2.05) is 32.1 Å². The van der Waals surface area contributed by atoms with E-state index in [0.29, 0.717) is 24.3 Å². The van der Waals surface area contributed by atoms with Crippen LogP contribution in [0.3, 0.4) is 0 Å². The van der Waals surface area contributed by atoms with Gasteiger partial charge in [-0.05, 0) is 141 Å². The van der Waals surface area contributed by atoms with E-state index in [1.54, 1.807) is 6.92 Å². The topological polar surface area (TPSA) is 116 Å². The van der Waals surface area contributed by atoms with Crippen molar-refractivity contribution < 1.29 is 19.7 Å². The summed E-state index contributed by atoms with van der Waals surface area (Å²) in [6.07, 6.45) is 18.1. The largest absolute Gasteiger partial charge is 0.511 e. The van der Waals surface area contributed by atoms with E-state index >= 15 is 0 Å². The number of nitrogens with one attached hydrogen (secondary N) is 1.